The van der Waals surface area contributed by atoms with Crippen LogP contribution in [0.2, 0.25) is 0 Å². The van der Waals surface area contributed by atoms with Gasteiger partial charge >= 0.3 is 18.2 Å². The fourth-order valence-electron chi connectivity index (χ4n) is 16.0. The lowest BCUT2D eigenvalue weighted by atomic mass is 9.63. The average Bonchev–Trinajstić information content (AvgIpc) is 0.779. The van der Waals surface area contributed by atoms with Gasteiger partial charge in [-0.25, -0.2) is 9.59 Å². The van der Waals surface area contributed by atoms with E-state index in [1.54, 1.807) is 9.80 Å². The molecule has 0 spiro atoms. The molecule has 0 bridgehead atoms. The molecule has 0 aromatic heterocycles. The minimum atomic E-state index is -0.933. The molecule has 5 amide bonds. The zero-order valence-electron chi connectivity index (χ0n) is 62.0. The van der Waals surface area contributed by atoms with Crippen LogP contribution in [0.25, 0.3) is 0 Å². The maximum atomic E-state index is 13.9. The molecular weight excluding hydrogens is 1300 g/mol. The van der Waals surface area contributed by atoms with Crippen molar-refractivity contribution in [2.24, 2.45) is 11.3 Å². The summed E-state index contributed by atoms with van der Waals surface area (Å²) in [7, 11) is 0. The highest BCUT2D eigenvalue weighted by Gasteiger charge is 2.51. The molecule has 0 unspecified atom stereocenters. The highest BCUT2D eigenvalue weighted by molar-refractivity contribution is 5.90. The largest absolute Gasteiger partial charge is 0.481 e. The number of halogens is 2. The third-order valence-corrected chi connectivity index (χ3v) is 21.2. The summed E-state index contributed by atoms with van der Waals surface area (Å²) in [6.45, 7) is 31.4. The number of ether oxygens (including phenoxy) is 2. The summed E-state index contributed by atoms with van der Waals surface area (Å²) < 4.78 is 10.9. The predicted molar refractivity (Wildman–Crippen MR) is 406 cm³/mol. The number of amides is 5. The Morgan fingerprint density at radius 1 is 0.400 bits per heavy atom. The van der Waals surface area contributed by atoms with Gasteiger partial charge in [-0.1, -0.05) is 171 Å². The lowest BCUT2D eigenvalue weighted by Crippen LogP contribution is -2.56. The normalized spacial score (nSPS) is 17.7. The van der Waals surface area contributed by atoms with Crippen LogP contribution in [0.1, 0.15) is 194 Å². The molecule has 0 radical (unpaired) electrons. The van der Waals surface area contributed by atoms with Crippen molar-refractivity contribution in [1.82, 2.24) is 35.1 Å². The highest BCUT2D eigenvalue weighted by atomic mass is 35.5. The van der Waals surface area contributed by atoms with Crippen molar-refractivity contribution >= 4 is 60.7 Å². The van der Waals surface area contributed by atoms with E-state index in [0.717, 1.165) is 74.1 Å². The van der Waals surface area contributed by atoms with E-state index in [4.69, 9.17) is 9.47 Å². The second-order valence-electron chi connectivity index (χ2n) is 29.4. The van der Waals surface area contributed by atoms with E-state index in [-0.39, 0.29) is 85.0 Å². The minimum Gasteiger partial charge on any atom is -0.481 e. The Kier molecular flexibility index (Phi) is 33.5. The van der Waals surface area contributed by atoms with Gasteiger partial charge in [0.2, 0.25) is 17.7 Å². The van der Waals surface area contributed by atoms with Crippen LogP contribution < -0.4 is 10.6 Å². The number of carbonyl (C=O) groups is 6. The Hall–Kier alpha value is -6.98. The molecule has 4 saturated heterocycles. The van der Waals surface area contributed by atoms with Crippen molar-refractivity contribution in [2.45, 2.75) is 232 Å². The molecule has 5 aromatic carbocycles. The van der Waals surface area contributed by atoms with Crippen molar-refractivity contribution in [3.8, 4) is 0 Å². The van der Waals surface area contributed by atoms with Gasteiger partial charge in [-0.2, -0.15) is 0 Å². The summed E-state index contributed by atoms with van der Waals surface area (Å²) in [5, 5.41) is 16.6. The minimum absolute atomic E-state index is 0. The van der Waals surface area contributed by atoms with E-state index in [1.807, 2.05) is 144 Å². The number of nitrogens with zero attached hydrogens (tertiary/aromatic N) is 5. The average molecular weight is 1420 g/mol. The standard InChI is InChI=1S/C26H34N2O3.C20H21NO4.C18H34N2O.C18H28N2O.2ClH/c1-20(2)28(21(3)4)24(29)26(23-13-9-6-10-14-23)15-17-27(18-16-26)25(30)31-19-22-11-7-5-8-12-22;22-18(23)20(17-9-5-2-6-10-17)11-13-21(14-12-20)19(24)25-15-16-7-3-1-4-8-16;2*1-14(2)20(15(3)4)17(21)18(10-12-19-13-11-18)16-8-6-5-7-9-16;;/h5-14,20-21H,15-19H2,1-4H3;1-10H,11-15H2,(H,22,23);14-16,19H,5-13H2,1-4H3;5-9,14-15,19H,10-13H2,1-4H3;2*1H. The topological polar surface area (TPSA) is 181 Å². The molecule has 550 valence electrons. The van der Waals surface area contributed by atoms with Gasteiger partial charge < -0.3 is 49.7 Å². The molecule has 5 aromatic rings. The molecule has 5 fully saturated rings. The van der Waals surface area contributed by atoms with Gasteiger partial charge in [-0.05, 0) is 207 Å². The Morgan fingerprint density at radius 3 is 1.00 bits per heavy atom. The number of carboxylic acids is 1. The number of aliphatic carboxylic acids is 1. The molecule has 10 rings (SSSR count). The number of carbonyl (C=O) groups excluding carboxylic acids is 5. The SMILES string of the molecule is CC(C)N(C(=O)C1(C2CCCCC2)CCNCC1)C(C)C.CC(C)N(C(=O)C1(c2ccccc2)CCN(C(=O)OCc2ccccc2)CC1)C(C)C.CC(C)N(C(=O)C1(c2ccccc2)CCNCC1)C(C)C.Cl.Cl.O=C(OCc1ccccc1)N1CCC(C(=O)O)(c2ccccc2)CC1. The molecule has 4 aliphatic heterocycles. The van der Waals surface area contributed by atoms with Gasteiger partial charge in [-0.15, -0.1) is 24.8 Å². The van der Waals surface area contributed by atoms with Crippen LogP contribution in [0.4, 0.5) is 9.59 Å². The third-order valence-electron chi connectivity index (χ3n) is 21.2. The summed E-state index contributed by atoms with van der Waals surface area (Å²) in [6.07, 6.45) is 11.6. The summed E-state index contributed by atoms with van der Waals surface area (Å²) in [6, 6.07) is 50.1. The lowest BCUT2D eigenvalue weighted by Gasteiger charge is -2.48. The Morgan fingerprint density at radius 2 is 0.680 bits per heavy atom. The fraction of sp³-hybridized carbons (Fsp3) is 0.561. The fourth-order valence-corrected chi connectivity index (χ4v) is 16.0. The monoisotopic (exact) mass is 1420 g/mol. The summed E-state index contributed by atoms with van der Waals surface area (Å²) >= 11 is 0. The molecule has 1 saturated carbocycles. The highest BCUT2D eigenvalue weighted by Crippen LogP contribution is 2.47. The molecule has 0 atom stereocenters. The number of benzene rings is 5. The van der Waals surface area contributed by atoms with Crippen molar-refractivity contribution in [3.63, 3.8) is 0 Å². The van der Waals surface area contributed by atoms with E-state index < -0.39 is 22.9 Å². The van der Waals surface area contributed by atoms with Gasteiger partial charge in [0.1, 0.15) is 13.2 Å². The Bertz CT molecular complexity index is 3210. The summed E-state index contributed by atoms with van der Waals surface area (Å²) in [5.41, 5.74) is 2.89. The number of hydrogen-bond acceptors (Lipinski definition) is 10. The molecule has 4 heterocycles. The molecular formula is C82H119Cl2N7O9. The molecule has 5 aliphatic rings. The van der Waals surface area contributed by atoms with Crippen LogP contribution in [-0.2, 0) is 58.1 Å². The lowest BCUT2D eigenvalue weighted by molar-refractivity contribution is -0.153. The number of hydrogen-bond donors (Lipinski definition) is 3. The molecule has 100 heavy (non-hydrogen) atoms. The summed E-state index contributed by atoms with van der Waals surface area (Å²) in [4.78, 5) is 87.1. The third kappa shape index (κ3) is 21.1. The van der Waals surface area contributed by atoms with Gasteiger partial charge in [0.05, 0.1) is 21.7 Å². The molecule has 16 nitrogen and oxygen atoms in total. The first-order valence-electron chi connectivity index (χ1n) is 36.7. The second-order valence-corrected chi connectivity index (χ2v) is 29.4. The zero-order chi connectivity index (χ0) is 71.0. The van der Waals surface area contributed by atoms with Crippen LogP contribution in [0.15, 0.2) is 152 Å². The first kappa shape index (κ1) is 83.7. The maximum absolute atomic E-state index is 13.9. The van der Waals surface area contributed by atoms with E-state index in [1.165, 1.54) is 37.7 Å². The van der Waals surface area contributed by atoms with Gasteiger partial charge in [0, 0.05) is 62.4 Å². The molecule has 18 heteroatoms. The smallest absolute Gasteiger partial charge is 0.410 e. The first-order chi connectivity index (χ1) is 46.9. The number of likely N-dealkylation sites (tertiary alicyclic amines) is 2. The number of carboxylic acid groups (broad SMARTS) is 1. The number of piperidine rings is 4. The van der Waals surface area contributed by atoms with Crippen molar-refractivity contribution in [1.29, 1.82) is 0 Å². The van der Waals surface area contributed by atoms with E-state index in [9.17, 15) is 33.9 Å². The van der Waals surface area contributed by atoms with Crippen molar-refractivity contribution < 1.29 is 43.3 Å². The van der Waals surface area contributed by atoms with Gasteiger partial charge in [0.15, 0.2) is 0 Å². The number of rotatable bonds is 18. The van der Waals surface area contributed by atoms with Crippen molar-refractivity contribution in [3.05, 3.63) is 179 Å². The van der Waals surface area contributed by atoms with Gasteiger partial charge in [-0.3, -0.25) is 19.2 Å². The quantitative estimate of drug-likeness (QED) is 0.0759. The second kappa shape index (κ2) is 40.0. The van der Waals surface area contributed by atoms with Crippen LogP contribution in [0, 0.1) is 11.3 Å². The van der Waals surface area contributed by atoms with Gasteiger partial charge in [0.25, 0.3) is 0 Å². The Balaban J connectivity index is 0.000000242. The van der Waals surface area contributed by atoms with E-state index in [2.05, 4.69) is 116 Å². The maximum Gasteiger partial charge on any atom is 0.410 e. The van der Waals surface area contributed by atoms with Crippen LogP contribution in [0.5, 0.6) is 0 Å². The number of nitrogens with one attached hydrogen (secondary N) is 2. The van der Waals surface area contributed by atoms with E-state index >= 15 is 0 Å². The first-order valence-corrected chi connectivity index (χ1v) is 36.7. The molecule has 1 aliphatic carbocycles. The predicted octanol–water partition coefficient (Wildman–Crippen LogP) is 15.8. The zero-order valence-corrected chi connectivity index (χ0v) is 63.6. The summed E-state index contributed by atoms with van der Waals surface area (Å²) in [5.74, 6) is 0.666. The van der Waals surface area contributed by atoms with Crippen LogP contribution in [-0.4, -0.2) is 154 Å². The van der Waals surface area contributed by atoms with Crippen molar-refractivity contribution in [2.75, 3.05) is 52.4 Å². The van der Waals surface area contributed by atoms with Crippen LogP contribution in [0.3, 0.4) is 0 Å². The molecule has 3 N–H and O–H groups in total. The van der Waals surface area contributed by atoms with Crippen LogP contribution >= 0.6 is 24.8 Å². The van der Waals surface area contributed by atoms with E-state index in [0.29, 0.717) is 81.7 Å². The Labute approximate surface area is 611 Å².